The maximum Gasteiger partial charge on any atom is 0.413 e. The molecule has 1 aliphatic carbocycles. The van der Waals surface area contributed by atoms with Gasteiger partial charge in [-0.2, -0.15) is 0 Å². The number of nitrogens with one attached hydrogen (secondary N) is 1. The monoisotopic (exact) mass is 506 g/mol. The van der Waals surface area contributed by atoms with E-state index in [9.17, 15) is 9.90 Å². The van der Waals surface area contributed by atoms with Crippen LogP contribution in [-0.2, 0) is 4.74 Å². The first kappa shape index (κ1) is 22.5. The number of hydrogen-bond acceptors (Lipinski definition) is 8. The van der Waals surface area contributed by atoms with E-state index in [0.29, 0.717) is 52.8 Å². The van der Waals surface area contributed by atoms with Gasteiger partial charge in [0.05, 0.1) is 31.0 Å². The van der Waals surface area contributed by atoms with Gasteiger partial charge in [0.1, 0.15) is 18.1 Å². The number of ether oxygens (including phenoxy) is 2. The van der Waals surface area contributed by atoms with Crippen LogP contribution in [0.3, 0.4) is 0 Å². The number of nitrogen functional groups attached to an aromatic ring is 1. The highest BCUT2D eigenvalue weighted by molar-refractivity contribution is 6.00. The van der Waals surface area contributed by atoms with Crippen molar-refractivity contribution in [2.24, 2.45) is 11.8 Å². The Morgan fingerprint density at radius 1 is 1.22 bits per heavy atom. The molecule has 11 heteroatoms. The number of piperidine rings is 1. The molecular formula is C26H27FN6O4. The van der Waals surface area contributed by atoms with Crippen LogP contribution < -0.4 is 20.7 Å². The van der Waals surface area contributed by atoms with E-state index in [-0.39, 0.29) is 23.6 Å². The largest absolute Gasteiger partial charge is 0.474 e. The topological polar surface area (TPSA) is 126 Å². The van der Waals surface area contributed by atoms with Crippen molar-refractivity contribution in [3.05, 3.63) is 35.9 Å². The van der Waals surface area contributed by atoms with E-state index in [1.807, 2.05) is 6.92 Å². The van der Waals surface area contributed by atoms with Crippen LogP contribution in [0.15, 0.2) is 24.5 Å². The summed E-state index contributed by atoms with van der Waals surface area (Å²) >= 11 is 0. The molecule has 0 spiro atoms. The standard InChI is InChI=1S/C26H27FN6O4/c1-12-16(6-31-25-23(12)29-2-3-37-25)15-4-13-5-20(30-7-17(13)22(28)21(15)27)33(26(34)35)24-18-8-32(9-19(18)24)14-10-36-11-14/h4-7,14,18-19,24,29H,2-3,8-11,28H2,1H3,(H,34,35). The summed E-state index contributed by atoms with van der Waals surface area (Å²) in [4.78, 5) is 24.9. The van der Waals surface area contributed by atoms with Crippen LogP contribution in [0.25, 0.3) is 21.9 Å². The van der Waals surface area contributed by atoms with Gasteiger partial charge in [-0.05, 0) is 41.8 Å². The quantitative estimate of drug-likeness (QED) is 0.458. The van der Waals surface area contributed by atoms with Gasteiger partial charge in [0.25, 0.3) is 0 Å². The van der Waals surface area contributed by atoms with Gasteiger partial charge >= 0.3 is 6.09 Å². The molecule has 4 aliphatic rings. The molecule has 2 saturated heterocycles. The van der Waals surface area contributed by atoms with Gasteiger partial charge < -0.3 is 25.6 Å². The third kappa shape index (κ3) is 3.41. The predicted molar refractivity (Wildman–Crippen MR) is 136 cm³/mol. The highest BCUT2D eigenvalue weighted by Crippen LogP contribution is 2.51. The van der Waals surface area contributed by atoms with Crippen molar-refractivity contribution in [1.29, 1.82) is 0 Å². The van der Waals surface area contributed by atoms with Gasteiger partial charge in [0.2, 0.25) is 5.88 Å². The van der Waals surface area contributed by atoms with Crippen LogP contribution in [-0.4, -0.2) is 77.6 Å². The van der Waals surface area contributed by atoms with E-state index >= 15 is 4.39 Å². The van der Waals surface area contributed by atoms with E-state index in [4.69, 9.17) is 15.2 Å². The molecule has 10 nitrogen and oxygen atoms in total. The number of likely N-dealkylation sites (tertiary alicyclic amines) is 1. The number of carboxylic acid groups (broad SMARTS) is 1. The van der Waals surface area contributed by atoms with Crippen molar-refractivity contribution < 1.29 is 23.8 Å². The van der Waals surface area contributed by atoms with E-state index < -0.39 is 11.9 Å². The third-order valence-corrected chi connectivity index (χ3v) is 8.29. The van der Waals surface area contributed by atoms with Gasteiger partial charge in [-0.3, -0.25) is 9.80 Å². The fraction of sp³-hybridized carbons (Fsp3) is 0.423. The molecule has 2 unspecified atom stereocenters. The molecule has 2 atom stereocenters. The van der Waals surface area contributed by atoms with Crippen molar-refractivity contribution in [3.8, 4) is 17.0 Å². The van der Waals surface area contributed by atoms with E-state index in [2.05, 4.69) is 20.2 Å². The lowest BCUT2D eigenvalue weighted by Gasteiger charge is -2.36. The Kier molecular flexibility index (Phi) is 4.96. The number of nitrogens with two attached hydrogens (primary N) is 1. The van der Waals surface area contributed by atoms with Gasteiger partial charge in [0, 0.05) is 48.5 Å². The lowest BCUT2D eigenvalue weighted by molar-refractivity contribution is -0.0609. The summed E-state index contributed by atoms with van der Waals surface area (Å²) in [6, 6.07) is 3.72. The summed E-state index contributed by atoms with van der Waals surface area (Å²) in [5.74, 6) is 0.813. The molecule has 3 aromatic rings. The number of rotatable bonds is 4. The van der Waals surface area contributed by atoms with Crippen LogP contribution in [0.2, 0.25) is 0 Å². The number of fused-ring (bicyclic) bond motifs is 3. The number of benzene rings is 1. The number of carbonyl (C=O) groups is 1. The van der Waals surface area contributed by atoms with Crippen molar-refractivity contribution in [2.75, 3.05) is 55.4 Å². The third-order valence-electron chi connectivity index (χ3n) is 8.29. The fourth-order valence-electron chi connectivity index (χ4n) is 6.13. The number of nitrogens with zero attached hydrogens (tertiary/aromatic N) is 4. The van der Waals surface area contributed by atoms with Crippen LogP contribution in [0, 0.1) is 24.6 Å². The maximum absolute atomic E-state index is 15.5. The molecule has 0 radical (unpaired) electrons. The molecule has 1 aromatic carbocycles. The average molecular weight is 507 g/mol. The van der Waals surface area contributed by atoms with Gasteiger partial charge in [-0.15, -0.1) is 0 Å². The molecule has 5 heterocycles. The van der Waals surface area contributed by atoms with E-state index in [0.717, 1.165) is 37.6 Å². The lowest BCUT2D eigenvalue weighted by atomic mass is 9.97. The Labute approximate surface area is 212 Å². The zero-order chi connectivity index (χ0) is 25.4. The van der Waals surface area contributed by atoms with Crippen molar-refractivity contribution in [1.82, 2.24) is 14.9 Å². The van der Waals surface area contributed by atoms with Crippen LogP contribution in [0.1, 0.15) is 5.56 Å². The highest BCUT2D eigenvalue weighted by atomic mass is 19.1. The molecule has 1 amide bonds. The van der Waals surface area contributed by atoms with Gasteiger partial charge in [-0.25, -0.2) is 19.2 Å². The molecule has 7 rings (SSSR count). The maximum atomic E-state index is 15.5. The minimum atomic E-state index is -1.04. The molecule has 0 bridgehead atoms. The second-order valence-electron chi connectivity index (χ2n) is 10.3. The minimum absolute atomic E-state index is 0.0311. The van der Waals surface area contributed by atoms with Gasteiger partial charge in [-0.1, -0.05) is 0 Å². The summed E-state index contributed by atoms with van der Waals surface area (Å²) in [6.07, 6.45) is 2.01. The fourth-order valence-corrected chi connectivity index (χ4v) is 6.13. The first-order valence-corrected chi connectivity index (χ1v) is 12.5. The first-order chi connectivity index (χ1) is 17.9. The Bertz CT molecular complexity index is 1430. The molecule has 2 aromatic heterocycles. The number of hydrogen-bond donors (Lipinski definition) is 3. The number of amides is 1. The van der Waals surface area contributed by atoms with E-state index in [1.54, 1.807) is 18.3 Å². The minimum Gasteiger partial charge on any atom is -0.474 e. The van der Waals surface area contributed by atoms with E-state index in [1.165, 1.54) is 11.1 Å². The van der Waals surface area contributed by atoms with Crippen molar-refractivity contribution in [3.63, 3.8) is 0 Å². The molecular weight excluding hydrogens is 479 g/mol. The highest BCUT2D eigenvalue weighted by Gasteiger charge is 2.61. The summed E-state index contributed by atoms with van der Waals surface area (Å²) in [5.41, 5.74) is 8.61. The molecule has 3 fully saturated rings. The molecule has 1 saturated carbocycles. The second kappa shape index (κ2) is 8.15. The molecule has 37 heavy (non-hydrogen) atoms. The number of aromatic nitrogens is 2. The number of anilines is 3. The molecule has 192 valence electrons. The Balaban J connectivity index is 1.25. The van der Waals surface area contributed by atoms with Crippen molar-refractivity contribution in [2.45, 2.75) is 19.0 Å². The summed E-state index contributed by atoms with van der Waals surface area (Å²) < 4.78 is 26.4. The second-order valence-corrected chi connectivity index (χ2v) is 10.3. The average Bonchev–Trinajstić information content (AvgIpc) is 3.31. The summed E-state index contributed by atoms with van der Waals surface area (Å²) in [6.45, 7) is 6.27. The molecule has 3 aliphatic heterocycles. The van der Waals surface area contributed by atoms with Crippen molar-refractivity contribution >= 4 is 34.1 Å². The zero-order valence-electron chi connectivity index (χ0n) is 20.3. The summed E-state index contributed by atoms with van der Waals surface area (Å²) in [7, 11) is 0. The Morgan fingerprint density at radius 3 is 2.70 bits per heavy atom. The first-order valence-electron chi connectivity index (χ1n) is 12.5. The SMILES string of the molecule is Cc1c(-c2cc3cc(N(C(=O)O)C4C5CN(C6COC6)CC54)ncc3c(N)c2F)cnc2c1NCCO2. The van der Waals surface area contributed by atoms with Crippen LogP contribution in [0.5, 0.6) is 5.88 Å². The number of pyridine rings is 2. The number of halogens is 1. The van der Waals surface area contributed by atoms with Crippen LogP contribution in [0.4, 0.5) is 26.4 Å². The Morgan fingerprint density at radius 2 is 2.00 bits per heavy atom. The smallest absolute Gasteiger partial charge is 0.413 e. The zero-order valence-corrected chi connectivity index (χ0v) is 20.3. The Hall–Kier alpha value is -3.70. The van der Waals surface area contributed by atoms with Crippen LogP contribution >= 0.6 is 0 Å². The summed E-state index contributed by atoms with van der Waals surface area (Å²) in [5, 5.41) is 14.4. The normalized spacial score (nSPS) is 24.5. The predicted octanol–water partition coefficient (Wildman–Crippen LogP) is 2.94. The van der Waals surface area contributed by atoms with Gasteiger partial charge in [0.15, 0.2) is 5.82 Å². The molecule has 4 N–H and O–H groups in total. The lowest BCUT2D eigenvalue weighted by Crippen LogP contribution is -2.50.